The number of carbonyl (C=O) groups is 1. The molecule has 0 aliphatic heterocycles. The van der Waals surface area contributed by atoms with Crippen molar-refractivity contribution >= 4 is 23.1 Å². The number of aromatic nitrogens is 2. The van der Waals surface area contributed by atoms with E-state index in [4.69, 9.17) is 5.11 Å². The molecule has 0 aliphatic rings. The van der Waals surface area contributed by atoms with Gasteiger partial charge in [-0.15, -0.1) is 11.3 Å². The van der Waals surface area contributed by atoms with Crippen LogP contribution < -0.4 is 5.32 Å². The Morgan fingerprint density at radius 3 is 2.88 bits per heavy atom. The minimum atomic E-state index is -0.974. The highest BCUT2D eigenvalue weighted by molar-refractivity contribution is 7.07. The predicted molar refractivity (Wildman–Crippen MR) is 60.6 cm³/mol. The summed E-state index contributed by atoms with van der Waals surface area (Å²) in [6.07, 6.45) is 1.33. The summed E-state index contributed by atoms with van der Waals surface area (Å²) in [4.78, 5) is 18.7. The normalized spacial score (nSPS) is 10.0. The summed E-state index contributed by atoms with van der Waals surface area (Å²) in [6, 6.07) is 3.15. The molecule has 0 aliphatic carbocycles. The number of rotatable bonds is 4. The number of pyridine rings is 1. The van der Waals surface area contributed by atoms with Crippen LogP contribution >= 0.6 is 11.3 Å². The molecule has 2 N–H and O–H groups in total. The van der Waals surface area contributed by atoms with Crippen LogP contribution in [0.3, 0.4) is 0 Å². The Bertz CT molecular complexity index is 467. The van der Waals surface area contributed by atoms with Gasteiger partial charge in [0.1, 0.15) is 5.82 Å². The molecule has 6 heteroatoms. The number of carboxylic acid groups (broad SMARTS) is 1. The largest absolute Gasteiger partial charge is 0.478 e. The number of hydrogen-bond acceptors (Lipinski definition) is 5. The van der Waals surface area contributed by atoms with Crippen LogP contribution in [0, 0.1) is 0 Å². The molecule has 0 saturated heterocycles. The van der Waals surface area contributed by atoms with Crippen molar-refractivity contribution in [3.8, 4) is 0 Å². The van der Waals surface area contributed by atoms with Crippen LogP contribution in [0.2, 0.25) is 0 Å². The lowest BCUT2D eigenvalue weighted by molar-refractivity contribution is 0.0696. The Morgan fingerprint density at radius 1 is 1.44 bits per heavy atom. The van der Waals surface area contributed by atoms with Crippen molar-refractivity contribution in [1.29, 1.82) is 0 Å². The van der Waals surface area contributed by atoms with E-state index in [9.17, 15) is 4.79 Å². The van der Waals surface area contributed by atoms with Crippen molar-refractivity contribution in [3.05, 3.63) is 40.5 Å². The second-order valence-corrected chi connectivity index (χ2v) is 3.79. The molecule has 2 rings (SSSR count). The quantitative estimate of drug-likeness (QED) is 0.845. The van der Waals surface area contributed by atoms with Crippen molar-refractivity contribution in [3.63, 3.8) is 0 Å². The van der Waals surface area contributed by atoms with Crippen LogP contribution in [0.5, 0.6) is 0 Å². The lowest BCUT2D eigenvalue weighted by Crippen LogP contribution is -2.03. The van der Waals surface area contributed by atoms with E-state index < -0.39 is 5.97 Å². The summed E-state index contributed by atoms with van der Waals surface area (Å²) in [5.74, 6) is -0.337. The van der Waals surface area contributed by atoms with Gasteiger partial charge in [-0.1, -0.05) is 0 Å². The summed E-state index contributed by atoms with van der Waals surface area (Å²) in [5, 5.41) is 13.7. The van der Waals surface area contributed by atoms with Gasteiger partial charge in [0.15, 0.2) is 0 Å². The summed E-state index contributed by atoms with van der Waals surface area (Å²) in [5.41, 5.74) is 2.88. The van der Waals surface area contributed by atoms with Gasteiger partial charge in [0.2, 0.25) is 0 Å². The second kappa shape index (κ2) is 4.71. The van der Waals surface area contributed by atoms with Gasteiger partial charge in [0, 0.05) is 11.6 Å². The molecule has 0 fully saturated rings. The average Bonchev–Trinajstić information content (AvgIpc) is 2.80. The molecule has 2 heterocycles. The molecule has 0 saturated carbocycles. The molecule has 0 amide bonds. The summed E-state index contributed by atoms with van der Waals surface area (Å²) in [6.45, 7) is 0.586. The highest BCUT2D eigenvalue weighted by Gasteiger charge is 2.02. The van der Waals surface area contributed by atoms with Gasteiger partial charge < -0.3 is 10.4 Å². The molecule has 0 bridgehead atoms. The van der Waals surface area contributed by atoms with E-state index in [0.717, 1.165) is 5.69 Å². The zero-order valence-corrected chi connectivity index (χ0v) is 9.07. The van der Waals surface area contributed by atoms with E-state index in [1.54, 1.807) is 11.6 Å². The molecule has 2 aromatic rings. The standard InChI is InChI=1S/C10H9N3O2S/c14-10(15)7-1-2-9(11-3-7)12-4-8-5-16-6-13-8/h1-3,5-6H,4H2,(H,11,12)(H,14,15). The number of nitrogens with zero attached hydrogens (tertiary/aromatic N) is 2. The smallest absolute Gasteiger partial charge is 0.337 e. The summed E-state index contributed by atoms with van der Waals surface area (Å²) in [7, 11) is 0. The first kappa shape index (κ1) is 10.6. The van der Waals surface area contributed by atoms with E-state index >= 15 is 0 Å². The minimum absolute atomic E-state index is 0.180. The SMILES string of the molecule is O=C(O)c1ccc(NCc2cscn2)nc1. The van der Waals surface area contributed by atoms with Crippen molar-refractivity contribution in [2.24, 2.45) is 0 Å². The van der Waals surface area contributed by atoms with Crippen molar-refractivity contribution in [2.75, 3.05) is 5.32 Å². The third-order valence-corrected chi connectivity index (χ3v) is 2.58. The highest BCUT2D eigenvalue weighted by Crippen LogP contribution is 2.07. The molecular formula is C10H9N3O2S. The van der Waals surface area contributed by atoms with E-state index in [-0.39, 0.29) is 5.56 Å². The van der Waals surface area contributed by atoms with Gasteiger partial charge in [0.05, 0.1) is 23.3 Å². The zero-order chi connectivity index (χ0) is 11.4. The van der Waals surface area contributed by atoms with Crippen LogP contribution in [0.4, 0.5) is 5.82 Å². The van der Waals surface area contributed by atoms with E-state index in [2.05, 4.69) is 15.3 Å². The van der Waals surface area contributed by atoms with Gasteiger partial charge in [-0.25, -0.2) is 14.8 Å². The molecule has 0 unspecified atom stereocenters. The van der Waals surface area contributed by atoms with Crippen molar-refractivity contribution in [2.45, 2.75) is 6.54 Å². The fraction of sp³-hybridized carbons (Fsp3) is 0.100. The molecule has 0 radical (unpaired) electrons. The summed E-state index contributed by atoms with van der Waals surface area (Å²) < 4.78 is 0. The van der Waals surface area contributed by atoms with Crippen LogP contribution in [-0.4, -0.2) is 21.0 Å². The Morgan fingerprint density at radius 2 is 2.31 bits per heavy atom. The Hall–Kier alpha value is -1.95. The zero-order valence-electron chi connectivity index (χ0n) is 8.25. The van der Waals surface area contributed by atoms with E-state index in [1.807, 2.05) is 5.38 Å². The third-order valence-electron chi connectivity index (χ3n) is 1.94. The molecule has 0 aromatic carbocycles. The fourth-order valence-corrected chi connectivity index (χ4v) is 1.69. The number of carboxylic acids is 1. The first-order valence-electron chi connectivity index (χ1n) is 4.56. The predicted octanol–water partition coefficient (Wildman–Crippen LogP) is 1.85. The number of aromatic carboxylic acids is 1. The monoisotopic (exact) mass is 235 g/mol. The first-order chi connectivity index (χ1) is 7.75. The third kappa shape index (κ3) is 2.54. The van der Waals surface area contributed by atoms with E-state index in [0.29, 0.717) is 12.4 Å². The molecular weight excluding hydrogens is 226 g/mol. The molecule has 0 atom stereocenters. The topological polar surface area (TPSA) is 75.1 Å². The van der Waals surface area contributed by atoms with Crippen LogP contribution in [0.25, 0.3) is 0 Å². The first-order valence-corrected chi connectivity index (χ1v) is 5.50. The van der Waals surface area contributed by atoms with Crippen molar-refractivity contribution < 1.29 is 9.90 Å². The second-order valence-electron chi connectivity index (χ2n) is 3.07. The van der Waals surface area contributed by atoms with Gasteiger partial charge in [0.25, 0.3) is 0 Å². The Kier molecular flexibility index (Phi) is 3.11. The van der Waals surface area contributed by atoms with Crippen LogP contribution in [0.1, 0.15) is 16.1 Å². The van der Waals surface area contributed by atoms with E-state index in [1.165, 1.54) is 23.6 Å². The van der Waals surface area contributed by atoms with Crippen molar-refractivity contribution in [1.82, 2.24) is 9.97 Å². The number of anilines is 1. The highest BCUT2D eigenvalue weighted by atomic mass is 32.1. The number of nitrogens with one attached hydrogen (secondary N) is 1. The molecule has 5 nitrogen and oxygen atoms in total. The lowest BCUT2D eigenvalue weighted by atomic mass is 10.3. The minimum Gasteiger partial charge on any atom is -0.478 e. The summed E-state index contributed by atoms with van der Waals surface area (Å²) >= 11 is 1.53. The average molecular weight is 235 g/mol. The number of hydrogen-bond donors (Lipinski definition) is 2. The Balaban J connectivity index is 1.98. The Labute approximate surface area is 95.8 Å². The van der Waals surface area contributed by atoms with Gasteiger partial charge >= 0.3 is 5.97 Å². The molecule has 2 aromatic heterocycles. The molecule has 0 spiro atoms. The lowest BCUT2D eigenvalue weighted by Gasteiger charge is -2.03. The number of thiazole rings is 1. The van der Waals surface area contributed by atoms with Gasteiger partial charge in [-0.3, -0.25) is 0 Å². The molecule has 16 heavy (non-hydrogen) atoms. The van der Waals surface area contributed by atoms with Gasteiger partial charge in [-0.2, -0.15) is 0 Å². The maximum atomic E-state index is 10.6. The maximum Gasteiger partial charge on any atom is 0.337 e. The molecule has 82 valence electrons. The van der Waals surface area contributed by atoms with Crippen LogP contribution in [0.15, 0.2) is 29.2 Å². The fourth-order valence-electron chi connectivity index (χ4n) is 1.13. The van der Waals surface area contributed by atoms with Gasteiger partial charge in [-0.05, 0) is 12.1 Å². The van der Waals surface area contributed by atoms with Crippen LogP contribution in [-0.2, 0) is 6.54 Å². The maximum absolute atomic E-state index is 10.6.